The zero-order valence-corrected chi connectivity index (χ0v) is 14.7. The fraction of sp³-hybridized carbons (Fsp3) is 0.529. The molecule has 0 aliphatic carbocycles. The third-order valence-electron chi connectivity index (χ3n) is 3.90. The molecular weight excluding hydrogens is 333 g/mol. The van der Waals surface area contributed by atoms with E-state index in [9.17, 15) is 14.0 Å². The number of hydrogen-bond acceptors (Lipinski definition) is 3. The third kappa shape index (κ3) is 5.18. The number of hydrogen-bond donors (Lipinski definition) is 2. The van der Waals surface area contributed by atoms with Crippen molar-refractivity contribution in [1.82, 2.24) is 15.5 Å². The monoisotopic (exact) mass is 355 g/mol. The predicted molar refractivity (Wildman–Crippen MR) is 91.1 cm³/mol. The number of piperazine rings is 1. The molecule has 1 fully saturated rings. The number of nitrogens with one attached hydrogen (secondary N) is 2. The zero-order valence-electron chi connectivity index (χ0n) is 13.9. The largest absolute Gasteiger partial charge is 0.356 e. The number of amides is 2. The third-order valence-corrected chi connectivity index (χ3v) is 4.20. The van der Waals surface area contributed by atoms with Gasteiger partial charge in [0.05, 0.1) is 17.5 Å². The summed E-state index contributed by atoms with van der Waals surface area (Å²) in [6, 6.07) is 4.05. The molecule has 0 spiro atoms. The molecule has 1 aliphatic rings. The van der Waals surface area contributed by atoms with E-state index in [-0.39, 0.29) is 23.3 Å². The average molecular weight is 356 g/mol. The van der Waals surface area contributed by atoms with Gasteiger partial charge in [0.1, 0.15) is 5.82 Å². The second-order valence-corrected chi connectivity index (χ2v) is 6.84. The fourth-order valence-electron chi connectivity index (χ4n) is 2.61. The summed E-state index contributed by atoms with van der Waals surface area (Å²) in [7, 11) is 0. The molecule has 0 radical (unpaired) electrons. The van der Waals surface area contributed by atoms with Crippen molar-refractivity contribution in [2.24, 2.45) is 5.92 Å². The molecule has 1 saturated heterocycles. The van der Waals surface area contributed by atoms with E-state index in [1.807, 2.05) is 18.7 Å². The summed E-state index contributed by atoms with van der Waals surface area (Å²) in [6.45, 7) is 6.11. The number of carbonyl (C=O) groups is 2. The van der Waals surface area contributed by atoms with E-state index in [1.54, 1.807) is 6.07 Å². The number of benzene rings is 1. The van der Waals surface area contributed by atoms with Gasteiger partial charge in [-0.2, -0.15) is 0 Å². The van der Waals surface area contributed by atoms with Gasteiger partial charge in [-0.25, -0.2) is 4.39 Å². The van der Waals surface area contributed by atoms with E-state index in [4.69, 9.17) is 11.6 Å². The van der Waals surface area contributed by atoms with Crippen LogP contribution in [0.4, 0.5) is 4.39 Å². The molecule has 0 aromatic heterocycles. The van der Waals surface area contributed by atoms with Crippen molar-refractivity contribution in [3.8, 4) is 0 Å². The van der Waals surface area contributed by atoms with Gasteiger partial charge in [0, 0.05) is 26.2 Å². The van der Waals surface area contributed by atoms with Gasteiger partial charge in [-0.15, -0.1) is 0 Å². The molecule has 1 atom stereocenters. The summed E-state index contributed by atoms with van der Waals surface area (Å²) < 4.78 is 13.6. The molecule has 1 unspecified atom stereocenters. The lowest BCUT2D eigenvalue weighted by atomic mass is 10.1. The first kappa shape index (κ1) is 18.7. The first-order chi connectivity index (χ1) is 11.4. The van der Waals surface area contributed by atoms with Crippen LogP contribution in [0.15, 0.2) is 18.2 Å². The first-order valence-electron chi connectivity index (χ1n) is 8.09. The second kappa shape index (κ2) is 8.44. The van der Waals surface area contributed by atoms with Gasteiger partial charge in [-0.1, -0.05) is 31.5 Å². The number of carbonyl (C=O) groups excluding carboxylic acids is 2. The lowest BCUT2D eigenvalue weighted by Gasteiger charge is -2.34. The molecule has 2 N–H and O–H groups in total. The SMILES string of the molecule is CC(C)CNC(=O)CC1C(=O)NCCN1Cc1ccc(Cl)c(F)c1. The molecule has 24 heavy (non-hydrogen) atoms. The maximum Gasteiger partial charge on any atom is 0.237 e. The summed E-state index contributed by atoms with van der Waals surface area (Å²) in [5.41, 5.74) is 0.721. The summed E-state index contributed by atoms with van der Waals surface area (Å²) in [5.74, 6) is -0.461. The Balaban J connectivity index is 2.03. The molecule has 1 aromatic rings. The molecule has 5 nitrogen and oxygen atoms in total. The lowest BCUT2D eigenvalue weighted by Crippen LogP contribution is -2.56. The summed E-state index contributed by atoms with van der Waals surface area (Å²) in [6.07, 6.45) is 0.0919. The van der Waals surface area contributed by atoms with Gasteiger partial charge >= 0.3 is 0 Å². The van der Waals surface area contributed by atoms with Crippen LogP contribution in [-0.4, -0.2) is 42.4 Å². The van der Waals surface area contributed by atoms with Crippen LogP contribution in [0, 0.1) is 11.7 Å². The first-order valence-corrected chi connectivity index (χ1v) is 8.47. The molecule has 0 saturated carbocycles. The molecular formula is C17H23ClFN3O2. The minimum absolute atomic E-state index is 0.0692. The van der Waals surface area contributed by atoms with Crippen LogP contribution in [0.3, 0.4) is 0 Å². The van der Waals surface area contributed by atoms with Crippen LogP contribution in [0.2, 0.25) is 5.02 Å². The van der Waals surface area contributed by atoms with Crippen molar-refractivity contribution in [1.29, 1.82) is 0 Å². The number of rotatable bonds is 6. The number of halogens is 2. The molecule has 132 valence electrons. The van der Waals surface area contributed by atoms with Gasteiger partial charge in [0.2, 0.25) is 11.8 Å². The van der Waals surface area contributed by atoms with Gasteiger partial charge in [0.15, 0.2) is 0 Å². The smallest absolute Gasteiger partial charge is 0.237 e. The highest BCUT2D eigenvalue weighted by molar-refractivity contribution is 6.30. The Morgan fingerprint density at radius 1 is 1.50 bits per heavy atom. The van der Waals surface area contributed by atoms with Gasteiger partial charge in [-0.3, -0.25) is 14.5 Å². The fourth-order valence-corrected chi connectivity index (χ4v) is 2.73. The van der Waals surface area contributed by atoms with Gasteiger partial charge in [0.25, 0.3) is 0 Å². The maximum absolute atomic E-state index is 13.6. The predicted octanol–water partition coefficient (Wildman–Crippen LogP) is 1.94. The Hall–Kier alpha value is -1.66. The van der Waals surface area contributed by atoms with E-state index >= 15 is 0 Å². The quantitative estimate of drug-likeness (QED) is 0.819. The topological polar surface area (TPSA) is 61.4 Å². The van der Waals surface area contributed by atoms with Crippen molar-refractivity contribution >= 4 is 23.4 Å². The molecule has 2 amide bonds. The molecule has 1 heterocycles. The van der Waals surface area contributed by atoms with Crippen LogP contribution < -0.4 is 10.6 Å². The highest BCUT2D eigenvalue weighted by atomic mass is 35.5. The Morgan fingerprint density at radius 3 is 2.92 bits per heavy atom. The molecule has 1 aliphatic heterocycles. The summed E-state index contributed by atoms with van der Waals surface area (Å²) in [5, 5.41) is 5.68. The Kier molecular flexibility index (Phi) is 6.57. The lowest BCUT2D eigenvalue weighted by molar-refractivity contribution is -0.134. The van der Waals surface area contributed by atoms with Crippen molar-refractivity contribution in [3.63, 3.8) is 0 Å². The van der Waals surface area contributed by atoms with E-state index < -0.39 is 11.9 Å². The van der Waals surface area contributed by atoms with Crippen LogP contribution >= 0.6 is 11.6 Å². The van der Waals surface area contributed by atoms with Crippen molar-refractivity contribution in [2.75, 3.05) is 19.6 Å². The molecule has 2 rings (SSSR count). The maximum atomic E-state index is 13.6. The van der Waals surface area contributed by atoms with Crippen LogP contribution in [0.25, 0.3) is 0 Å². The Morgan fingerprint density at radius 2 is 2.25 bits per heavy atom. The highest BCUT2D eigenvalue weighted by Gasteiger charge is 2.31. The molecule has 1 aromatic carbocycles. The van der Waals surface area contributed by atoms with Crippen LogP contribution in [0.5, 0.6) is 0 Å². The van der Waals surface area contributed by atoms with Crippen molar-refractivity contribution in [3.05, 3.63) is 34.6 Å². The Labute approximate surface area is 146 Å². The number of nitrogens with zero attached hydrogens (tertiary/aromatic N) is 1. The standard InChI is InChI=1S/C17H23ClFN3O2/c1-11(2)9-21-16(23)8-15-17(24)20-5-6-22(15)10-12-3-4-13(18)14(19)7-12/h3-4,7,11,15H,5-6,8-10H2,1-2H3,(H,20,24)(H,21,23). The van der Waals surface area contributed by atoms with E-state index in [1.165, 1.54) is 12.1 Å². The minimum Gasteiger partial charge on any atom is -0.356 e. The van der Waals surface area contributed by atoms with Gasteiger partial charge < -0.3 is 10.6 Å². The van der Waals surface area contributed by atoms with Crippen molar-refractivity contribution < 1.29 is 14.0 Å². The second-order valence-electron chi connectivity index (χ2n) is 6.43. The molecule has 7 heteroatoms. The van der Waals surface area contributed by atoms with Crippen LogP contribution in [0.1, 0.15) is 25.8 Å². The highest BCUT2D eigenvalue weighted by Crippen LogP contribution is 2.19. The minimum atomic E-state index is -0.551. The van der Waals surface area contributed by atoms with E-state index in [2.05, 4.69) is 10.6 Å². The average Bonchev–Trinajstić information content (AvgIpc) is 2.52. The van der Waals surface area contributed by atoms with E-state index in [0.717, 1.165) is 5.56 Å². The van der Waals surface area contributed by atoms with E-state index in [0.29, 0.717) is 32.1 Å². The van der Waals surface area contributed by atoms with Gasteiger partial charge in [-0.05, 0) is 23.6 Å². The zero-order chi connectivity index (χ0) is 17.7. The Bertz CT molecular complexity index is 609. The summed E-state index contributed by atoms with van der Waals surface area (Å²) in [4.78, 5) is 26.1. The van der Waals surface area contributed by atoms with Crippen LogP contribution in [-0.2, 0) is 16.1 Å². The van der Waals surface area contributed by atoms with Crippen molar-refractivity contribution in [2.45, 2.75) is 32.9 Å². The molecule has 0 bridgehead atoms. The normalized spacial score (nSPS) is 18.5. The summed E-state index contributed by atoms with van der Waals surface area (Å²) >= 11 is 5.70.